The van der Waals surface area contributed by atoms with Crippen LogP contribution >= 0.6 is 0 Å². The number of piperidine rings is 1. The Kier molecular flexibility index (Phi) is 4.22. The van der Waals surface area contributed by atoms with Crippen LogP contribution in [0.5, 0.6) is 0 Å². The van der Waals surface area contributed by atoms with Gasteiger partial charge in [-0.2, -0.15) is 0 Å². The van der Waals surface area contributed by atoms with Crippen molar-refractivity contribution in [2.24, 2.45) is 5.92 Å². The number of halogens is 1. The molecular formula is C14H17FN2O3. The van der Waals surface area contributed by atoms with Gasteiger partial charge in [-0.1, -0.05) is 13.0 Å². The summed E-state index contributed by atoms with van der Waals surface area (Å²) in [4.78, 5) is 24.7. The Morgan fingerprint density at radius 2 is 2.00 bits per heavy atom. The van der Waals surface area contributed by atoms with Gasteiger partial charge >= 0.3 is 12.0 Å². The number of hydrogen-bond donors (Lipinski definition) is 2. The Balaban J connectivity index is 2.13. The van der Waals surface area contributed by atoms with Crippen molar-refractivity contribution in [3.05, 3.63) is 29.6 Å². The summed E-state index contributed by atoms with van der Waals surface area (Å²) in [6.45, 7) is 3.32. The van der Waals surface area contributed by atoms with E-state index in [0.29, 0.717) is 19.0 Å². The van der Waals surface area contributed by atoms with Gasteiger partial charge in [0.1, 0.15) is 5.82 Å². The van der Waals surface area contributed by atoms with Gasteiger partial charge in [-0.25, -0.2) is 14.0 Å². The molecule has 1 saturated heterocycles. The summed E-state index contributed by atoms with van der Waals surface area (Å²) in [6.07, 6.45) is 1.80. The number of anilines is 1. The number of nitrogens with zero attached hydrogens (tertiary/aromatic N) is 1. The summed E-state index contributed by atoms with van der Waals surface area (Å²) >= 11 is 0. The zero-order chi connectivity index (χ0) is 14.7. The Bertz CT molecular complexity index is 525. The first-order valence-corrected chi connectivity index (χ1v) is 6.56. The van der Waals surface area contributed by atoms with Crippen LogP contribution in [0.1, 0.15) is 30.1 Å². The predicted octanol–water partition coefficient (Wildman–Crippen LogP) is 2.79. The van der Waals surface area contributed by atoms with Gasteiger partial charge in [0.15, 0.2) is 0 Å². The van der Waals surface area contributed by atoms with E-state index in [1.807, 2.05) is 0 Å². The molecule has 0 spiro atoms. The smallest absolute Gasteiger partial charge is 0.337 e. The summed E-state index contributed by atoms with van der Waals surface area (Å²) in [6, 6.07) is 3.24. The van der Waals surface area contributed by atoms with Crippen LogP contribution in [-0.2, 0) is 0 Å². The van der Waals surface area contributed by atoms with Crippen LogP contribution in [-0.4, -0.2) is 35.1 Å². The van der Waals surface area contributed by atoms with Crippen molar-refractivity contribution in [1.82, 2.24) is 4.90 Å². The molecule has 1 aromatic carbocycles. The van der Waals surface area contributed by atoms with Gasteiger partial charge in [0.25, 0.3) is 0 Å². The van der Waals surface area contributed by atoms with Gasteiger partial charge in [-0.3, -0.25) is 0 Å². The molecule has 20 heavy (non-hydrogen) atoms. The molecule has 2 N–H and O–H groups in total. The lowest BCUT2D eigenvalue weighted by atomic mass is 10.00. The molecule has 0 radical (unpaired) electrons. The van der Waals surface area contributed by atoms with E-state index in [1.54, 1.807) is 4.90 Å². The van der Waals surface area contributed by atoms with Gasteiger partial charge < -0.3 is 15.3 Å². The largest absolute Gasteiger partial charge is 0.478 e. The molecule has 0 atom stereocenters. The molecule has 1 aromatic rings. The predicted molar refractivity (Wildman–Crippen MR) is 72.3 cm³/mol. The van der Waals surface area contributed by atoms with E-state index >= 15 is 0 Å². The summed E-state index contributed by atoms with van der Waals surface area (Å²) < 4.78 is 13.7. The summed E-state index contributed by atoms with van der Waals surface area (Å²) in [7, 11) is 0. The lowest BCUT2D eigenvalue weighted by molar-refractivity contribution is 0.0697. The van der Waals surface area contributed by atoms with Crippen LogP contribution < -0.4 is 5.32 Å². The number of carboxylic acids is 1. The highest BCUT2D eigenvalue weighted by atomic mass is 19.1. The number of nitrogens with one attached hydrogen (secondary N) is 1. The second-order valence-electron chi connectivity index (χ2n) is 5.07. The minimum absolute atomic E-state index is 0.247. The lowest BCUT2D eigenvalue weighted by Crippen LogP contribution is -2.41. The van der Waals surface area contributed by atoms with Crippen LogP contribution in [0, 0.1) is 11.7 Å². The van der Waals surface area contributed by atoms with Crippen molar-refractivity contribution < 1.29 is 19.1 Å². The minimum atomic E-state index is -1.27. The molecule has 0 bridgehead atoms. The molecule has 6 heteroatoms. The molecule has 0 unspecified atom stereocenters. The number of carboxylic acid groups (broad SMARTS) is 1. The Labute approximate surface area is 116 Å². The van der Waals surface area contributed by atoms with Crippen molar-refractivity contribution in [3.63, 3.8) is 0 Å². The Hall–Kier alpha value is -2.11. The number of carbonyl (C=O) groups is 2. The van der Waals surface area contributed by atoms with E-state index in [9.17, 15) is 14.0 Å². The number of aromatic carboxylic acids is 1. The topological polar surface area (TPSA) is 69.6 Å². The molecule has 0 aromatic heterocycles. The van der Waals surface area contributed by atoms with Gasteiger partial charge in [0, 0.05) is 13.1 Å². The van der Waals surface area contributed by atoms with Crippen LogP contribution in [0.2, 0.25) is 0 Å². The molecule has 2 amide bonds. The van der Waals surface area contributed by atoms with Gasteiger partial charge in [0.2, 0.25) is 0 Å². The number of urea groups is 1. The molecule has 0 saturated carbocycles. The van der Waals surface area contributed by atoms with Crippen molar-refractivity contribution in [2.75, 3.05) is 18.4 Å². The van der Waals surface area contributed by atoms with E-state index < -0.39 is 17.8 Å². The average molecular weight is 280 g/mol. The molecule has 5 nitrogen and oxygen atoms in total. The summed E-state index contributed by atoms with van der Waals surface area (Å²) in [5.41, 5.74) is -0.521. The first kappa shape index (κ1) is 14.3. The summed E-state index contributed by atoms with van der Waals surface area (Å²) in [5.74, 6) is -1.45. The van der Waals surface area contributed by atoms with Gasteiger partial charge in [-0.05, 0) is 30.9 Å². The van der Waals surface area contributed by atoms with Gasteiger partial charge in [-0.15, -0.1) is 0 Å². The highest BCUT2D eigenvalue weighted by molar-refractivity contribution is 6.00. The van der Waals surface area contributed by atoms with E-state index in [0.717, 1.165) is 18.9 Å². The first-order valence-electron chi connectivity index (χ1n) is 6.56. The highest BCUT2D eigenvalue weighted by Gasteiger charge is 2.23. The third kappa shape index (κ3) is 3.07. The maximum absolute atomic E-state index is 13.7. The lowest BCUT2D eigenvalue weighted by Gasteiger charge is -2.30. The third-order valence-electron chi connectivity index (χ3n) is 3.55. The SMILES string of the molecule is CC1CCN(C(=O)Nc2c(F)cccc2C(=O)O)CC1. The number of amides is 2. The molecule has 2 rings (SSSR count). The third-order valence-corrected chi connectivity index (χ3v) is 3.55. The number of likely N-dealkylation sites (tertiary alicyclic amines) is 1. The Morgan fingerprint density at radius 3 is 2.60 bits per heavy atom. The monoisotopic (exact) mass is 280 g/mol. The molecule has 0 aliphatic carbocycles. The fraction of sp³-hybridized carbons (Fsp3) is 0.429. The number of carbonyl (C=O) groups excluding carboxylic acids is 1. The zero-order valence-corrected chi connectivity index (χ0v) is 11.2. The van der Waals surface area contributed by atoms with Crippen molar-refractivity contribution in [2.45, 2.75) is 19.8 Å². The number of para-hydroxylation sites is 1. The van der Waals surface area contributed by atoms with Crippen LogP contribution in [0.15, 0.2) is 18.2 Å². The molecule has 1 fully saturated rings. The number of rotatable bonds is 2. The van der Waals surface area contributed by atoms with E-state index in [4.69, 9.17) is 5.11 Å². The zero-order valence-electron chi connectivity index (χ0n) is 11.2. The number of hydrogen-bond acceptors (Lipinski definition) is 2. The van der Waals surface area contributed by atoms with Crippen molar-refractivity contribution in [1.29, 1.82) is 0 Å². The normalized spacial score (nSPS) is 16.0. The quantitative estimate of drug-likeness (QED) is 0.875. The van der Waals surface area contributed by atoms with Gasteiger partial charge in [0.05, 0.1) is 11.3 Å². The summed E-state index contributed by atoms with van der Waals surface area (Å²) in [5, 5.41) is 11.4. The molecule has 1 heterocycles. The van der Waals surface area contributed by atoms with Crippen LogP contribution in [0.25, 0.3) is 0 Å². The van der Waals surface area contributed by atoms with Crippen LogP contribution in [0.3, 0.4) is 0 Å². The second kappa shape index (κ2) is 5.90. The second-order valence-corrected chi connectivity index (χ2v) is 5.07. The standard InChI is InChI=1S/C14H17FN2O3/c1-9-5-7-17(8-6-9)14(20)16-12-10(13(18)19)3-2-4-11(12)15/h2-4,9H,5-8H2,1H3,(H,16,20)(H,18,19). The Morgan fingerprint density at radius 1 is 1.35 bits per heavy atom. The highest BCUT2D eigenvalue weighted by Crippen LogP contribution is 2.22. The van der Waals surface area contributed by atoms with Crippen LogP contribution in [0.4, 0.5) is 14.9 Å². The fourth-order valence-corrected chi connectivity index (χ4v) is 2.23. The molecule has 1 aliphatic heterocycles. The number of benzene rings is 1. The van der Waals surface area contributed by atoms with E-state index in [2.05, 4.69) is 12.2 Å². The molecular weight excluding hydrogens is 263 g/mol. The average Bonchev–Trinajstić information content (AvgIpc) is 2.41. The maximum Gasteiger partial charge on any atom is 0.337 e. The van der Waals surface area contributed by atoms with E-state index in [-0.39, 0.29) is 11.3 Å². The van der Waals surface area contributed by atoms with E-state index in [1.165, 1.54) is 12.1 Å². The van der Waals surface area contributed by atoms with Crippen molar-refractivity contribution >= 4 is 17.7 Å². The fourth-order valence-electron chi connectivity index (χ4n) is 2.23. The molecule has 1 aliphatic rings. The van der Waals surface area contributed by atoms with Crippen molar-refractivity contribution in [3.8, 4) is 0 Å². The first-order chi connectivity index (χ1) is 9.49. The molecule has 108 valence electrons. The maximum atomic E-state index is 13.7. The minimum Gasteiger partial charge on any atom is -0.478 e.